The first-order chi connectivity index (χ1) is 13.7. The normalized spacial score (nSPS) is 15.5. The van der Waals surface area contributed by atoms with Crippen molar-refractivity contribution in [2.45, 2.75) is 32.2 Å². The Morgan fingerprint density at radius 1 is 1.29 bits per heavy atom. The van der Waals surface area contributed by atoms with Gasteiger partial charge >= 0.3 is 5.97 Å². The zero-order valence-electron chi connectivity index (χ0n) is 15.8. The van der Waals surface area contributed by atoms with Gasteiger partial charge in [0.15, 0.2) is 5.65 Å². The van der Waals surface area contributed by atoms with Crippen LogP contribution in [0.3, 0.4) is 0 Å². The van der Waals surface area contributed by atoms with Crippen molar-refractivity contribution in [3.8, 4) is 11.3 Å². The van der Waals surface area contributed by atoms with Gasteiger partial charge in [-0.3, -0.25) is 0 Å². The number of carboxylic acid groups (broad SMARTS) is 1. The number of fused-ring (bicyclic) bond motifs is 1. The lowest BCUT2D eigenvalue weighted by molar-refractivity contribution is -0.131. The van der Waals surface area contributed by atoms with Crippen LogP contribution in [0.15, 0.2) is 42.6 Å². The van der Waals surface area contributed by atoms with Gasteiger partial charge in [0.05, 0.1) is 11.9 Å². The summed E-state index contributed by atoms with van der Waals surface area (Å²) in [5.41, 5.74) is 4.59. The second-order valence-corrected chi connectivity index (χ2v) is 6.91. The molecule has 0 spiro atoms. The average Bonchev–Trinajstić information content (AvgIpc) is 3.15. The van der Waals surface area contributed by atoms with Crippen LogP contribution in [0.4, 0.5) is 0 Å². The Hall–Kier alpha value is -2.99. The van der Waals surface area contributed by atoms with Crippen LogP contribution in [0.5, 0.6) is 0 Å². The minimum atomic E-state index is -0.971. The molecule has 0 unspecified atom stereocenters. The highest BCUT2D eigenvalue weighted by Crippen LogP contribution is 2.39. The second-order valence-electron chi connectivity index (χ2n) is 6.91. The fourth-order valence-electron chi connectivity index (χ4n) is 3.92. The van der Waals surface area contributed by atoms with Gasteiger partial charge in [-0.15, -0.1) is 0 Å². The van der Waals surface area contributed by atoms with E-state index < -0.39 is 5.97 Å². The molecule has 2 aromatic heterocycles. The summed E-state index contributed by atoms with van der Waals surface area (Å²) < 4.78 is 7.46. The Bertz CT molecular complexity index is 1020. The molecule has 0 aliphatic carbocycles. The molecule has 0 amide bonds. The quantitative estimate of drug-likeness (QED) is 0.677. The molecule has 1 aromatic carbocycles. The Labute approximate surface area is 163 Å². The third kappa shape index (κ3) is 3.43. The maximum atomic E-state index is 11.3. The lowest BCUT2D eigenvalue weighted by atomic mass is 9.85. The summed E-state index contributed by atoms with van der Waals surface area (Å²) in [5, 5.41) is 14.8. The van der Waals surface area contributed by atoms with Crippen molar-refractivity contribution in [1.29, 1.82) is 0 Å². The standard InChI is InChI=1S/C22H23N3O3/c1-2-25-22-18(14-23-25)20(15-10-12-28-13-11-15)17(8-9-19(26)27)21(24-22)16-6-4-3-5-7-16/h3-9,14-15H,2,10-13H2,1H3,(H,26,27)/b9-8+. The van der Waals surface area contributed by atoms with Crippen molar-refractivity contribution in [2.75, 3.05) is 13.2 Å². The smallest absolute Gasteiger partial charge is 0.328 e. The van der Waals surface area contributed by atoms with Crippen molar-refractivity contribution in [3.63, 3.8) is 0 Å². The summed E-state index contributed by atoms with van der Waals surface area (Å²) in [4.78, 5) is 16.2. The van der Waals surface area contributed by atoms with E-state index in [1.165, 1.54) is 6.08 Å². The van der Waals surface area contributed by atoms with Crippen molar-refractivity contribution >= 4 is 23.1 Å². The van der Waals surface area contributed by atoms with Crippen LogP contribution >= 0.6 is 0 Å². The van der Waals surface area contributed by atoms with Crippen molar-refractivity contribution in [1.82, 2.24) is 14.8 Å². The third-order valence-corrected chi connectivity index (χ3v) is 5.23. The Balaban J connectivity index is 2.04. The first kappa shape index (κ1) is 18.4. The number of aromatic nitrogens is 3. The molecular weight excluding hydrogens is 354 g/mol. The Kier molecular flexibility index (Phi) is 5.21. The monoisotopic (exact) mass is 377 g/mol. The van der Waals surface area contributed by atoms with Crippen LogP contribution in [0, 0.1) is 0 Å². The third-order valence-electron chi connectivity index (χ3n) is 5.23. The largest absolute Gasteiger partial charge is 0.478 e. The van der Waals surface area contributed by atoms with Crippen LogP contribution in [-0.4, -0.2) is 39.1 Å². The minimum Gasteiger partial charge on any atom is -0.478 e. The van der Waals surface area contributed by atoms with Gasteiger partial charge in [-0.2, -0.15) is 5.10 Å². The Morgan fingerprint density at radius 2 is 2.04 bits per heavy atom. The molecule has 28 heavy (non-hydrogen) atoms. The van der Waals surface area contributed by atoms with Gasteiger partial charge in [-0.1, -0.05) is 30.3 Å². The van der Waals surface area contributed by atoms with E-state index >= 15 is 0 Å². The van der Waals surface area contributed by atoms with Gasteiger partial charge in [-0.05, 0) is 37.3 Å². The zero-order chi connectivity index (χ0) is 19.5. The number of benzene rings is 1. The predicted molar refractivity (Wildman–Crippen MR) is 108 cm³/mol. The van der Waals surface area contributed by atoms with Crippen LogP contribution in [0.1, 0.15) is 36.8 Å². The summed E-state index contributed by atoms with van der Waals surface area (Å²) in [6, 6.07) is 9.91. The summed E-state index contributed by atoms with van der Waals surface area (Å²) in [6.45, 7) is 4.18. The maximum absolute atomic E-state index is 11.3. The molecule has 3 aromatic rings. The number of carboxylic acids is 1. The highest BCUT2D eigenvalue weighted by atomic mass is 16.5. The molecule has 6 nitrogen and oxygen atoms in total. The summed E-state index contributed by atoms with van der Waals surface area (Å²) in [7, 11) is 0. The molecule has 144 valence electrons. The number of ether oxygens (including phenoxy) is 1. The first-order valence-electron chi connectivity index (χ1n) is 9.62. The SMILES string of the molecule is CCn1ncc2c(C3CCOCC3)c(/C=C/C(=O)O)c(-c3ccccc3)nc21. The van der Waals surface area contributed by atoms with Gasteiger partial charge in [0.2, 0.25) is 0 Å². The van der Waals surface area contributed by atoms with Gasteiger partial charge in [0, 0.05) is 42.3 Å². The maximum Gasteiger partial charge on any atom is 0.328 e. The molecule has 0 bridgehead atoms. The van der Waals surface area contributed by atoms with Gasteiger partial charge in [0.1, 0.15) is 0 Å². The zero-order valence-corrected chi connectivity index (χ0v) is 15.8. The number of pyridine rings is 1. The molecule has 1 fully saturated rings. The van der Waals surface area contributed by atoms with E-state index in [2.05, 4.69) is 5.10 Å². The predicted octanol–water partition coefficient (Wildman–Crippen LogP) is 4.11. The van der Waals surface area contributed by atoms with Crippen LogP contribution in [0.2, 0.25) is 0 Å². The molecule has 6 heteroatoms. The van der Waals surface area contributed by atoms with E-state index in [0.717, 1.165) is 52.8 Å². The summed E-state index contributed by atoms with van der Waals surface area (Å²) in [5.74, 6) is -0.689. The number of rotatable bonds is 5. The molecule has 1 aliphatic rings. The number of carbonyl (C=O) groups is 1. The van der Waals surface area contributed by atoms with E-state index in [0.29, 0.717) is 13.2 Å². The molecule has 4 rings (SSSR count). The van der Waals surface area contributed by atoms with E-state index in [9.17, 15) is 9.90 Å². The first-order valence-corrected chi connectivity index (χ1v) is 9.62. The minimum absolute atomic E-state index is 0.282. The van der Waals surface area contributed by atoms with E-state index in [1.54, 1.807) is 6.08 Å². The van der Waals surface area contributed by atoms with E-state index in [4.69, 9.17) is 9.72 Å². The highest BCUT2D eigenvalue weighted by Gasteiger charge is 2.25. The highest BCUT2D eigenvalue weighted by molar-refractivity contribution is 5.93. The van der Waals surface area contributed by atoms with E-state index in [1.807, 2.05) is 48.1 Å². The molecule has 0 atom stereocenters. The molecule has 1 saturated heterocycles. The summed E-state index contributed by atoms with van der Waals surface area (Å²) in [6.07, 6.45) is 6.55. The fourth-order valence-corrected chi connectivity index (χ4v) is 3.92. The Morgan fingerprint density at radius 3 is 2.71 bits per heavy atom. The van der Waals surface area contributed by atoms with Crippen molar-refractivity contribution in [3.05, 3.63) is 53.7 Å². The van der Waals surface area contributed by atoms with Gasteiger partial charge in [-0.25, -0.2) is 14.5 Å². The van der Waals surface area contributed by atoms with Crippen LogP contribution in [0.25, 0.3) is 28.4 Å². The molecular formula is C22H23N3O3. The second kappa shape index (κ2) is 7.94. The lowest BCUT2D eigenvalue weighted by Crippen LogP contribution is -2.16. The van der Waals surface area contributed by atoms with E-state index in [-0.39, 0.29) is 5.92 Å². The lowest BCUT2D eigenvalue weighted by Gasteiger charge is -2.25. The number of aryl methyl sites for hydroxylation is 1. The number of nitrogens with zero attached hydrogens (tertiary/aromatic N) is 3. The molecule has 0 saturated carbocycles. The molecule has 0 radical (unpaired) electrons. The number of hydrogen-bond donors (Lipinski definition) is 1. The number of aliphatic carboxylic acids is 1. The summed E-state index contributed by atoms with van der Waals surface area (Å²) >= 11 is 0. The van der Waals surface area contributed by atoms with Crippen molar-refractivity contribution in [2.24, 2.45) is 0 Å². The molecule has 1 aliphatic heterocycles. The van der Waals surface area contributed by atoms with Gasteiger partial charge < -0.3 is 9.84 Å². The van der Waals surface area contributed by atoms with Crippen molar-refractivity contribution < 1.29 is 14.6 Å². The van der Waals surface area contributed by atoms with Crippen LogP contribution in [-0.2, 0) is 16.1 Å². The number of hydrogen-bond acceptors (Lipinski definition) is 4. The fraction of sp³-hybridized carbons (Fsp3) is 0.318. The molecule has 3 heterocycles. The topological polar surface area (TPSA) is 77.2 Å². The molecule has 1 N–H and O–H groups in total. The van der Waals surface area contributed by atoms with Crippen LogP contribution < -0.4 is 0 Å². The van der Waals surface area contributed by atoms with Gasteiger partial charge in [0.25, 0.3) is 0 Å². The average molecular weight is 377 g/mol.